The lowest BCUT2D eigenvalue weighted by Crippen LogP contribution is -1.78. The number of allylic oxidation sites excluding steroid dienone is 1. The Morgan fingerprint density at radius 1 is 1.29 bits per heavy atom. The van der Waals surface area contributed by atoms with Crippen molar-refractivity contribution >= 4 is 5.71 Å². The molecule has 0 aromatic carbocycles. The van der Waals surface area contributed by atoms with Gasteiger partial charge in [-0.05, 0) is 20.8 Å². The van der Waals surface area contributed by atoms with E-state index in [1.807, 2.05) is 20.8 Å². The number of aliphatic imine (C=N–C) groups is 1. The topological polar surface area (TPSA) is 12.4 Å². The molecule has 0 aromatic heterocycles. The van der Waals surface area contributed by atoms with Crippen molar-refractivity contribution in [3.05, 3.63) is 12.3 Å². The van der Waals surface area contributed by atoms with Crippen molar-refractivity contribution < 1.29 is 0 Å². The van der Waals surface area contributed by atoms with E-state index in [1.165, 1.54) is 0 Å². The molecule has 0 N–H and O–H groups in total. The molecular formula is C6H11N. The first-order valence-corrected chi connectivity index (χ1v) is 2.30. The highest BCUT2D eigenvalue weighted by Crippen LogP contribution is 1.87. The molecule has 0 unspecified atom stereocenters. The Morgan fingerprint density at radius 3 is 1.71 bits per heavy atom. The van der Waals surface area contributed by atoms with Crippen LogP contribution in [0.1, 0.15) is 20.8 Å². The lowest BCUT2D eigenvalue weighted by Gasteiger charge is -1.85. The molecule has 0 atom stereocenters. The molecule has 0 amide bonds. The van der Waals surface area contributed by atoms with Crippen molar-refractivity contribution in [2.24, 2.45) is 4.99 Å². The third kappa shape index (κ3) is 5.41. The summed E-state index contributed by atoms with van der Waals surface area (Å²) in [7, 11) is 0. The summed E-state index contributed by atoms with van der Waals surface area (Å²) in [6, 6.07) is 0. The molecule has 0 saturated heterocycles. The van der Waals surface area contributed by atoms with Crippen LogP contribution in [0.4, 0.5) is 0 Å². The molecule has 0 radical (unpaired) electrons. The predicted octanol–water partition coefficient (Wildman–Crippen LogP) is 2.00. The van der Waals surface area contributed by atoms with E-state index >= 15 is 0 Å². The SMILES string of the molecule is C=C(C)N=C(C)C. The van der Waals surface area contributed by atoms with E-state index < -0.39 is 0 Å². The average Bonchev–Trinajstić information content (AvgIpc) is 1.27. The molecular weight excluding hydrogens is 86.1 g/mol. The monoisotopic (exact) mass is 97.1 g/mol. The summed E-state index contributed by atoms with van der Waals surface area (Å²) >= 11 is 0. The van der Waals surface area contributed by atoms with Crippen molar-refractivity contribution in [2.45, 2.75) is 20.8 Å². The molecule has 0 aliphatic carbocycles. The molecule has 0 aliphatic rings. The summed E-state index contributed by atoms with van der Waals surface area (Å²) in [4.78, 5) is 4.00. The van der Waals surface area contributed by atoms with Crippen molar-refractivity contribution in [1.82, 2.24) is 0 Å². The first-order valence-electron chi connectivity index (χ1n) is 2.30. The lowest BCUT2D eigenvalue weighted by molar-refractivity contribution is 1.31. The number of nitrogens with zero attached hydrogens (tertiary/aromatic N) is 1. The van der Waals surface area contributed by atoms with Crippen LogP contribution in [0.2, 0.25) is 0 Å². The molecule has 0 spiro atoms. The molecule has 0 heterocycles. The van der Waals surface area contributed by atoms with Crippen LogP contribution >= 0.6 is 0 Å². The van der Waals surface area contributed by atoms with E-state index in [0.717, 1.165) is 11.4 Å². The molecule has 0 bridgehead atoms. The van der Waals surface area contributed by atoms with E-state index in [9.17, 15) is 0 Å². The average molecular weight is 97.2 g/mol. The summed E-state index contributed by atoms with van der Waals surface area (Å²) in [5.41, 5.74) is 1.94. The van der Waals surface area contributed by atoms with Crippen molar-refractivity contribution in [2.75, 3.05) is 0 Å². The smallest absolute Gasteiger partial charge is 0.0300 e. The highest BCUT2D eigenvalue weighted by molar-refractivity contribution is 5.79. The number of hydrogen-bond donors (Lipinski definition) is 0. The van der Waals surface area contributed by atoms with Gasteiger partial charge in [0.25, 0.3) is 0 Å². The molecule has 1 nitrogen and oxygen atoms in total. The van der Waals surface area contributed by atoms with Crippen LogP contribution in [0.3, 0.4) is 0 Å². The van der Waals surface area contributed by atoms with Crippen LogP contribution in [-0.2, 0) is 0 Å². The van der Waals surface area contributed by atoms with Crippen LogP contribution in [0.5, 0.6) is 0 Å². The first-order chi connectivity index (χ1) is 3.13. The zero-order valence-electron chi connectivity index (χ0n) is 5.15. The van der Waals surface area contributed by atoms with Gasteiger partial charge >= 0.3 is 0 Å². The molecule has 40 valence electrons. The van der Waals surface area contributed by atoms with Gasteiger partial charge in [-0.3, -0.25) is 4.99 Å². The highest BCUT2D eigenvalue weighted by atomic mass is 14.7. The van der Waals surface area contributed by atoms with Gasteiger partial charge in [-0.15, -0.1) is 0 Å². The minimum atomic E-state index is 0.875. The molecule has 0 rings (SSSR count). The Hall–Kier alpha value is -0.590. The quantitative estimate of drug-likeness (QED) is 0.444. The van der Waals surface area contributed by atoms with Gasteiger partial charge in [-0.2, -0.15) is 0 Å². The normalized spacial score (nSPS) is 7.86. The second kappa shape index (κ2) is 2.56. The Labute approximate surface area is 44.8 Å². The van der Waals surface area contributed by atoms with Gasteiger partial charge in [-0.1, -0.05) is 6.58 Å². The molecule has 7 heavy (non-hydrogen) atoms. The maximum Gasteiger partial charge on any atom is 0.0300 e. The standard InChI is InChI=1S/C6H11N/c1-5(2)7-6(3)4/h1H2,2-4H3. The van der Waals surface area contributed by atoms with Crippen LogP contribution in [-0.4, -0.2) is 5.71 Å². The summed E-state index contributed by atoms with van der Waals surface area (Å²) in [6.07, 6.45) is 0. The Morgan fingerprint density at radius 2 is 1.71 bits per heavy atom. The van der Waals surface area contributed by atoms with E-state index in [2.05, 4.69) is 11.6 Å². The third-order valence-corrected chi connectivity index (χ3v) is 0.414. The summed E-state index contributed by atoms with van der Waals surface area (Å²) in [5.74, 6) is 0. The molecule has 0 aliphatic heterocycles. The van der Waals surface area contributed by atoms with E-state index in [-0.39, 0.29) is 0 Å². The van der Waals surface area contributed by atoms with Gasteiger partial charge in [0.1, 0.15) is 0 Å². The van der Waals surface area contributed by atoms with E-state index in [0.29, 0.717) is 0 Å². The van der Waals surface area contributed by atoms with Gasteiger partial charge in [0.05, 0.1) is 0 Å². The number of rotatable bonds is 1. The second-order valence-electron chi connectivity index (χ2n) is 1.79. The van der Waals surface area contributed by atoms with Gasteiger partial charge in [0.2, 0.25) is 0 Å². The maximum absolute atomic E-state index is 4.00. The zero-order chi connectivity index (χ0) is 5.86. The zero-order valence-corrected chi connectivity index (χ0v) is 5.15. The minimum Gasteiger partial charge on any atom is -0.264 e. The first kappa shape index (κ1) is 6.41. The molecule has 0 aromatic rings. The molecule has 0 saturated carbocycles. The van der Waals surface area contributed by atoms with Gasteiger partial charge in [0.15, 0.2) is 0 Å². The van der Waals surface area contributed by atoms with Crippen molar-refractivity contribution in [3.8, 4) is 0 Å². The van der Waals surface area contributed by atoms with Crippen molar-refractivity contribution in [1.29, 1.82) is 0 Å². The van der Waals surface area contributed by atoms with Crippen LogP contribution < -0.4 is 0 Å². The van der Waals surface area contributed by atoms with E-state index in [1.54, 1.807) is 0 Å². The Kier molecular flexibility index (Phi) is 2.34. The summed E-state index contributed by atoms with van der Waals surface area (Å²) < 4.78 is 0. The largest absolute Gasteiger partial charge is 0.264 e. The highest BCUT2D eigenvalue weighted by Gasteiger charge is 1.74. The molecule has 1 heteroatoms. The van der Waals surface area contributed by atoms with Crippen LogP contribution in [0, 0.1) is 0 Å². The minimum absolute atomic E-state index is 0.875. The lowest BCUT2D eigenvalue weighted by atomic mass is 10.5. The van der Waals surface area contributed by atoms with Gasteiger partial charge < -0.3 is 0 Å². The summed E-state index contributed by atoms with van der Waals surface area (Å²) in [6.45, 7) is 9.40. The van der Waals surface area contributed by atoms with Gasteiger partial charge in [-0.25, -0.2) is 0 Å². The number of hydrogen-bond acceptors (Lipinski definition) is 1. The van der Waals surface area contributed by atoms with Crippen molar-refractivity contribution in [3.63, 3.8) is 0 Å². The van der Waals surface area contributed by atoms with Crippen LogP contribution in [0.25, 0.3) is 0 Å². The fourth-order valence-electron chi connectivity index (χ4n) is 0.382. The van der Waals surface area contributed by atoms with Gasteiger partial charge in [0, 0.05) is 11.4 Å². The summed E-state index contributed by atoms with van der Waals surface area (Å²) in [5, 5.41) is 0. The second-order valence-corrected chi connectivity index (χ2v) is 1.79. The van der Waals surface area contributed by atoms with Crippen LogP contribution in [0.15, 0.2) is 17.3 Å². The maximum atomic E-state index is 4.00. The Balaban J connectivity index is 3.68. The Bertz CT molecular complexity index is 96.7. The third-order valence-electron chi connectivity index (χ3n) is 0.414. The fourth-order valence-corrected chi connectivity index (χ4v) is 0.382. The molecule has 0 fully saturated rings. The fraction of sp³-hybridized carbons (Fsp3) is 0.500. The predicted molar refractivity (Wildman–Crippen MR) is 33.6 cm³/mol. The van der Waals surface area contributed by atoms with E-state index in [4.69, 9.17) is 0 Å².